The molecule has 1 aliphatic rings. The van der Waals surface area contributed by atoms with Gasteiger partial charge in [0.15, 0.2) is 0 Å². The van der Waals surface area contributed by atoms with Crippen LogP contribution in [-0.2, 0) is 11.3 Å². The summed E-state index contributed by atoms with van der Waals surface area (Å²) in [7, 11) is 0. The minimum atomic E-state index is 0.0540. The fraction of sp³-hybridized carbons (Fsp3) is 0.529. The molecule has 1 N–H and O–H groups in total. The Morgan fingerprint density at radius 3 is 3.13 bits per heavy atom. The first-order chi connectivity index (χ1) is 11.3. The number of piperidine rings is 1. The third-order valence-corrected chi connectivity index (χ3v) is 5.30. The third-order valence-electron chi connectivity index (χ3n) is 4.44. The molecular weight excluding hydrogens is 308 g/mol. The van der Waals surface area contributed by atoms with Gasteiger partial charge in [-0.2, -0.15) is 5.10 Å². The van der Waals surface area contributed by atoms with E-state index >= 15 is 0 Å². The van der Waals surface area contributed by atoms with E-state index in [-0.39, 0.29) is 5.91 Å². The largest absolute Gasteiger partial charge is 0.310 e. The number of carbonyl (C=O) groups is 1. The molecule has 0 radical (unpaired) electrons. The van der Waals surface area contributed by atoms with E-state index < -0.39 is 0 Å². The Labute approximate surface area is 141 Å². The van der Waals surface area contributed by atoms with Crippen LogP contribution in [0.1, 0.15) is 37.5 Å². The van der Waals surface area contributed by atoms with Gasteiger partial charge in [0.05, 0.1) is 19.3 Å². The van der Waals surface area contributed by atoms with E-state index in [0.717, 1.165) is 18.8 Å². The van der Waals surface area contributed by atoms with Gasteiger partial charge >= 0.3 is 0 Å². The maximum atomic E-state index is 12.4. The van der Waals surface area contributed by atoms with Crippen LogP contribution in [0, 0.1) is 0 Å². The number of likely N-dealkylation sites (tertiary alicyclic amines) is 1. The molecular formula is C17H24N4OS. The number of anilines is 1. The van der Waals surface area contributed by atoms with Crippen LogP contribution in [0.25, 0.3) is 0 Å². The molecule has 1 amide bonds. The number of aromatic nitrogens is 2. The van der Waals surface area contributed by atoms with Gasteiger partial charge in [-0.3, -0.25) is 9.69 Å². The van der Waals surface area contributed by atoms with Gasteiger partial charge in [0.1, 0.15) is 5.82 Å². The van der Waals surface area contributed by atoms with Crippen LogP contribution >= 0.6 is 11.3 Å². The van der Waals surface area contributed by atoms with E-state index in [2.05, 4.69) is 33.7 Å². The van der Waals surface area contributed by atoms with E-state index in [1.54, 1.807) is 17.5 Å². The maximum Gasteiger partial charge on any atom is 0.239 e. The molecule has 2 aromatic rings. The number of carbonyl (C=O) groups excluding carboxylic acids is 1. The molecule has 1 atom stereocenters. The second-order valence-corrected chi connectivity index (χ2v) is 7.06. The SMILES string of the molecule is CCC1CCCCN1CC(=O)Nc1ccnn1Cc1cccs1. The fourth-order valence-corrected chi connectivity index (χ4v) is 3.90. The number of thiophene rings is 1. The molecule has 124 valence electrons. The Bertz CT molecular complexity index is 622. The first kappa shape index (κ1) is 16.2. The Morgan fingerprint density at radius 1 is 1.43 bits per heavy atom. The summed E-state index contributed by atoms with van der Waals surface area (Å²) in [6.45, 7) is 4.40. The molecule has 2 aromatic heterocycles. The molecule has 0 aromatic carbocycles. The number of amides is 1. The van der Waals surface area contributed by atoms with Crippen LogP contribution in [0.5, 0.6) is 0 Å². The highest BCUT2D eigenvalue weighted by Crippen LogP contribution is 2.19. The Morgan fingerprint density at radius 2 is 2.35 bits per heavy atom. The zero-order valence-electron chi connectivity index (χ0n) is 13.6. The summed E-state index contributed by atoms with van der Waals surface area (Å²) in [5.41, 5.74) is 0. The van der Waals surface area contributed by atoms with Crippen molar-refractivity contribution in [3.63, 3.8) is 0 Å². The van der Waals surface area contributed by atoms with Crippen LogP contribution < -0.4 is 5.32 Å². The molecule has 3 heterocycles. The zero-order valence-corrected chi connectivity index (χ0v) is 14.4. The third kappa shape index (κ3) is 4.20. The van der Waals surface area contributed by atoms with Gasteiger partial charge in [-0.05, 0) is 37.3 Å². The van der Waals surface area contributed by atoms with E-state index in [9.17, 15) is 4.79 Å². The number of rotatable bonds is 6. The lowest BCUT2D eigenvalue weighted by molar-refractivity contribution is -0.118. The maximum absolute atomic E-state index is 12.4. The molecule has 0 aliphatic carbocycles. The molecule has 5 nitrogen and oxygen atoms in total. The first-order valence-corrected chi connectivity index (χ1v) is 9.22. The van der Waals surface area contributed by atoms with Crippen molar-refractivity contribution in [3.05, 3.63) is 34.7 Å². The molecule has 0 spiro atoms. The van der Waals surface area contributed by atoms with Gasteiger partial charge in [-0.1, -0.05) is 19.4 Å². The molecule has 3 rings (SSSR count). The number of hydrogen-bond acceptors (Lipinski definition) is 4. The van der Waals surface area contributed by atoms with Crippen molar-refractivity contribution >= 4 is 23.1 Å². The summed E-state index contributed by atoms with van der Waals surface area (Å²) in [5, 5.41) is 9.39. The molecule has 1 fully saturated rings. The van der Waals surface area contributed by atoms with E-state index in [1.165, 1.54) is 24.1 Å². The summed E-state index contributed by atoms with van der Waals surface area (Å²) in [6, 6.07) is 6.52. The molecule has 1 aliphatic heterocycles. The average Bonchev–Trinajstić information content (AvgIpc) is 3.21. The summed E-state index contributed by atoms with van der Waals surface area (Å²) >= 11 is 1.70. The molecule has 1 saturated heterocycles. The van der Waals surface area contributed by atoms with Gasteiger partial charge in [-0.15, -0.1) is 11.3 Å². The first-order valence-electron chi connectivity index (χ1n) is 8.34. The van der Waals surface area contributed by atoms with Crippen LogP contribution in [0.2, 0.25) is 0 Å². The monoisotopic (exact) mass is 332 g/mol. The minimum Gasteiger partial charge on any atom is -0.310 e. The van der Waals surface area contributed by atoms with Gasteiger partial charge < -0.3 is 5.32 Å². The second kappa shape index (κ2) is 7.75. The fourth-order valence-electron chi connectivity index (χ4n) is 3.21. The topological polar surface area (TPSA) is 50.2 Å². The van der Waals surface area contributed by atoms with Crippen molar-refractivity contribution in [2.45, 2.75) is 45.2 Å². The number of nitrogens with zero attached hydrogens (tertiary/aromatic N) is 3. The standard InChI is InChI=1S/C17H24N4OS/c1-2-14-6-3-4-10-20(14)13-17(22)19-16-8-9-18-21(16)12-15-7-5-11-23-15/h5,7-9,11,14H,2-4,6,10,12-13H2,1H3,(H,19,22). The Kier molecular flexibility index (Phi) is 5.46. The zero-order chi connectivity index (χ0) is 16.1. The van der Waals surface area contributed by atoms with E-state index in [0.29, 0.717) is 19.1 Å². The lowest BCUT2D eigenvalue weighted by Gasteiger charge is -2.34. The van der Waals surface area contributed by atoms with Crippen LogP contribution in [0.4, 0.5) is 5.82 Å². The lowest BCUT2D eigenvalue weighted by atomic mass is 10.0. The van der Waals surface area contributed by atoms with Crippen LogP contribution in [0.3, 0.4) is 0 Å². The van der Waals surface area contributed by atoms with Crippen molar-refractivity contribution in [3.8, 4) is 0 Å². The summed E-state index contributed by atoms with van der Waals surface area (Å²) < 4.78 is 1.84. The Balaban J connectivity index is 1.58. The summed E-state index contributed by atoms with van der Waals surface area (Å²) in [4.78, 5) is 15.9. The smallest absolute Gasteiger partial charge is 0.239 e. The highest BCUT2D eigenvalue weighted by molar-refractivity contribution is 7.09. The van der Waals surface area contributed by atoms with Crippen molar-refractivity contribution in [1.29, 1.82) is 0 Å². The van der Waals surface area contributed by atoms with Crippen molar-refractivity contribution in [2.75, 3.05) is 18.4 Å². The highest BCUT2D eigenvalue weighted by atomic mass is 32.1. The van der Waals surface area contributed by atoms with Crippen molar-refractivity contribution in [1.82, 2.24) is 14.7 Å². The van der Waals surface area contributed by atoms with Crippen molar-refractivity contribution in [2.24, 2.45) is 0 Å². The summed E-state index contributed by atoms with van der Waals surface area (Å²) in [6.07, 6.45) is 6.53. The molecule has 0 saturated carbocycles. The predicted octanol–water partition coefficient (Wildman–Crippen LogP) is 3.20. The lowest BCUT2D eigenvalue weighted by Crippen LogP contribution is -2.43. The van der Waals surface area contributed by atoms with Crippen LogP contribution in [0.15, 0.2) is 29.8 Å². The number of hydrogen-bond donors (Lipinski definition) is 1. The van der Waals surface area contributed by atoms with E-state index in [1.807, 2.05) is 16.8 Å². The number of nitrogens with one attached hydrogen (secondary N) is 1. The van der Waals surface area contributed by atoms with Crippen molar-refractivity contribution < 1.29 is 4.79 Å². The molecule has 1 unspecified atom stereocenters. The predicted molar refractivity (Wildman–Crippen MR) is 93.8 cm³/mol. The minimum absolute atomic E-state index is 0.0540. The Hall–Kier alpha value is -1.66. The van der Waals surface area contributed by atoms with Gasteiger partial charge in [-0.25, -0.2) is 4.68 Å². The van der Waals surface area contributed by atoms with Gasteiger partial charge in [0.2, 0.25) is 5.91 Å². The normalized spacial score (nSPS) is 18.9. The highest BCUT2D eigenvalue weighted by Gasteiger charge is 2.23. The molecule has 0 bridgehead atoms. The quantitative estimate of drug-likeness (QED) is 0.884. The van der Waals surface area contributed by atoms with Gasteiger partial charge in [0, 0.05) is 17.0 Å². The van der Waals surface area contributed by atoms with Gasteiger partial charge in [0.25, 0.3) is 0 Å². The van der Waals surface area contributed by atoms with Crippen LogP contribution in [-0.4, -0.2) is 39.7 Å². The molecule has 6 heteroatoms. The average molecular weight is 332 g/mol. The molecule has 23 heavy (non-hydrogen) atoms. The second-order valence-electron chi connectivity index (χ2n) is 6.03. The summed E-state index contributed by atoms with van der Waals surface area (Å²) in [5.74, 6) is 0.826. The van der Waals surface area contributed by atoms with E-state index in [4.69, 9.17) is 0 Å².